The van der Waals surface area contributed by atoms with Crippen LogP contribution < -0.4 is 5.32 Å². The minimum absolute atomic E-state index is 0.105. The Morgan fingerprint density at radius 3 is 2.10 bits per heavy atom. The van der Waals surface area contributed by atoms with Gasteiger partial charge >= 0.3 is 0 Å². The molecule has 2 atom stereocenters. The van der Waals surface area contributed by atoms with E-state index in [2.05, 4.69) is 78.0 Å². The standard InChI is InChI=1S/C19H33NO/c1-14(2)12-16(4)21-18(13-20-19(5,6)7)17-10-8-15(3)9-11-17/h8-11,14,16,18,20H,12-13H2,1-7H3. The number of ether oxygens (including phenoxy) is 1. The minimum Gasteiger partial charge on any atom is -0.369 e. The van der Waals surface area contributed by atoms with Crippen LogP contribution in [0.1, 0.15) is 65.2 Å². The molecule has 2 unspecified atom stereocenters. The Hall–Kier alpha value is -0.860. The van der Waals surface area contributed by atoms with E-state index >= 15 is 0 Å². The Morgan fingerprint density at radius 2 is 1.62 bits per heavy atom. The predicted octanol–water partition coefficient (Wildman–Crippen LogP) is 4.88. The Kier molecular flexibility index (Phi) is 6.89. The van der Waals surface area contributed by atoms with Gasteiger partial charge in [0, 0.05) is 12.1 Å². The van der Waals surface area contributed by atoms with Crippen LogP contribution in [0.15, 0.2) is 24.3 Å². The first-order valence-corrected chi connectivity index (χ1v) is 8.14. The monoisotopic (exact) mass is 291 g/mol. The number of hydrogen-bond acceptors (Lipinski definition) is 2. The van der Waals surface area contributed by atoms with E-state index in [0.29, 0.717) is 5.92 Å². The van der Waals surface area contributed by atoms with Crippen molar-refractivity contribution in [2.75, 3.05) is 6.54 Å². The average molecular weight is 291 g/mol. The van der Waals surface area contributed by atoms with Gasteiger partial charge in [0.05, 0.1) is 12.2 Å². The van der Waals surface area contributed by atoms with Gasteiger partial charge in [-0.05, 0) is 52.5 Å². The van der Waals surface area contributed by atoms with E-state index in [1.54, 1.807) is 0 Å². The molecule has 0 heterocycles. The van der Waals surface area contributed by atoms with Gasteiger partial charge in [-0.1, -0.05) is 43.7 Å². The molecule has 1 aromatic carbocycles. The van der Waals surface area contributed by atoms with Crippen molar-refractivity contribution in [3.05, 3.63) is 35.4 Å². The lowest BCUT2D eigenvalue weighted by atomic mass is 10.0. The minimum atomic E-state index is 0.105. The lowest BCUT2D eigenvalue weighted by Crippen LogP contribution is -2.39. The Balaban J connectivity index is 2.76. The summed E-state index contributed by atoms with van der Waals surface area (Å²) >= 11 is 0. The maximum Gasteiger partial charge on any atom is 0.0953 e. The first-order valence-electron chi connectivity index (χ1n) is 8.14. The van der Waals surface area contributed by atoms with E-state index in [-0.39, 0.29) is 17.7 Å². The van der Waals surface area contributed by atoms with Crippen LogP contribution in [0.2, 0.25) is 0 Å². The van der Waals surface area contributed by atoms with Crippen molar-refractivity contribution in [3.8, 4) is 0 Å². The van der Waals surface area contributed by atoms with Crippen LogP contribution in [-0.2, 0) is 4.74 Å². The maximum atomic E-state index is 6.32. The van der Waals surface area contributed by atoms with Crippen LogP contribution in [0, 0.1) is 12.8 Å². The maximum absolute atomic E-state index is 6.32. The second kappa shape index (κ2) is 7.95. The second-order valence-corrected chi connectivity index (χ2v) is 7.61. The molecular weight excluding hydrogens is 258 g/mol. The third-order valence-corrected chi connectivity index (χ3v) is 3.47. The molecule has 1 aromatic rings. The molecule has 120 valence electrons. The molecule has 0 saturated carbocycles. The summed E-state index contributed by atoms with van der Waals surface area (Å²) in [5.74, 6) is 0.661. The van der Waals surface area contributed by atoms with Gasteiger partial charge in [-0.15, -0.1) is 0 Å². The van der Waals surface area contributed by atoms with Crippen molar-refractivity contribution >= 4 is 0 Å². The fourth-order valence-corrected chi connectivity index (χ4v) is 2.42. The Labute approximate surface area is 131 Å². The molecule has 0 radical (unpaired) electrons. The van der Waals surface area contributed by atoms with Crippen LogP contribution in [0.3, 0.4) is 0 Å². The molecule has 0 aromatic heterocycles. The van der Waals surface area contributed by atoms with Crippen LogP contribution in [0.5, 0.6) is 0 Å². The average Bonchev–Trinajstić information content (AvgIpc) is 2.33. The Morgan fingerprint density at radius 1 is 1.05 bits per heavy atom. The summed E-state index contributed by atoms with van der Waals surface area (Å²) in [7, 11) is 0. The Bertz CT molecular complexity index is 403. The highest BCUT2D eigenvalue weighted by Crippen LogP contribution is 2.22. The first-order chi connectivity index (χ1) is 9.67. The van der Waals surface area contributed by atoms with Gasteiger partial charge < -0.3 is 10.1 Å². The van der Waals surface area contributed by atoms with Crippen molar-refractivity contribution in [1.82, 2.24) is 5.32 Å². The first kappa shape index (κ1) is 18.2. The molecule has 0 saturated heterocycles. The van der Waals surface area contributed by atoms with Gasteiger partial charge in [-0.3, -0.25) is 0 Å². The van der Waals surface area contributed by atoms with Crippen molar-refractivity contribution in [2.24, 2.45) is 5.92 Å². The highest BCUT2D eigenvalue weighted by Gasteiger charge is 2.19. The van der Waals surface area contributed by atoms with Crippen LogP contribution in [0.4, 0.5) is 0 Å². The summed E-state index contributed by atoms with van der Waals surface area (Å²) in [5, 5.41) is 3.57. The summed E-state index contributed by atoms with van der Waals surface area (Å²) in [6.45, 7) is 16.2. The second-order valence-electron chi connectivity index (χ2n) is 7.61. The smallest absolute Gasteiger partial charge is 0.0953 e. The van der Waals surface area contributed by atoms with Crippen molar-refractivity contribution in [1.29, 1.82) is 0 Å². The van der Waals surface area contributed by atoms with Crippen LogP contribution in [0.25, 0.3) is 0 Å². The van der Waals surface area contributed by atoms with Gasteiger partial charge in [-0.25, -0.2) is 0 Å². The van der Waals surface area contributed by atoms with E-state index in [1.165, 1.54) is 11.1 Å². The highest BCUT2D eigenvalue weighted by molar-refractivity contribution is 5.23. The van der Waals surface area contributed by atoms with E-state index < -0.39 is 0 Å². The van der Waals surface area contributed by atoms with Crippen LogP contribution in [-0.4, -0.2) is 18.2 Å². The SMILES string of the molecule is Cc1ccc(C(CNC(C)(C)C)OC(C)CC(C)C)cc1. The lowest BCUT2D eigenvalue weighted by molar-refractivity contribution is -0.0152. The highest BCUT2D eigenvalue weighted by atomic mass is 16.5. The third kappa shape index (κ3) is 7.63. The third-order valence-electron chi connectivity index (χ3n) is 3.47. The molecule has 0 bridgehead atoms. The number of benzene rings is 1. The topological polar surface area (TPSA) is 21.3 Å². The fraction of sp³-hybridized carbons (Fsp3) is 0.684. The summed E-state index contributed by atoms with van der Waals surface area (Å²) in [6.07, 6.45) is 1.48. The molecule has 0 aliphatic heterocycles. The number of rotatable bonds is 7. The number of aryl methyl sites for hydroxylation is 1. The molecule has 2 heteroatoms. The van der Waals surface area contributed by atoms with Gasteiger partial charge in [0.2, 0.25) is 0 Å². The van der Waals surface area contributed by atoms with Crippen molar-refractivity contribution in [2.45, 2.75) is 72.6 Å². The van der Waals surface area contributed by atoms with E-state index in [0.717, 1.165) is 13.0 Å². The fourth-order valence-electron chi connectivity index (χ4n) is 2.42. The van der Waals surface area contributed by atoms with Gasteiger partial charge in [-0.2, -0.15) is 0 Å². The van der Waals surface area contributed by atoms with Gasteiger partial charge in [0.1, 0.15) is 0 Å². The zero-order valence-electron chi connectivity index (χ0n) is 14.9. The summed E-state index contributed by atoms with van der Waals surface area (Å²) in [6, 6.07) is 8.70. The summed E-state index contributed by atoms with van der Waals surface area (Å²) in [5.41, 5.74) is 2.65. The van der Waals surface area contributed by atoms with Gasteiger partial charge in [0.25, 0.3) is 0 Å². The molecule has 0 aliphatic carbocycles. The molecule has 0 aliphatic rings. The zero-order valence-corrected chi connectivity index (χ0v) is 14.9. The van der Waals surface area contributed by atoms with E-state index in [4.69, 9.17) is 4.74 Å². The molecule has 0 fully saturated rings. The predicted molar refractivity (Wildman–Crippen MR) is 91.7 cm³/mol. The normalized spacial score (nSPS) is 15.2. The van der Waals surface area contributed by atoms with Crippen LogP contribution >= 0.6 is 0 Å². The zero-order chi connectivity index (χ0) is 16.0. The molecular formula is C19H33NO. The molecule has 0 amide bonds. The molecule has 1 N–H and O–H groups in total. The molecule has 21 heavy (non-hydrogen) atoms. The largest absolute Gasteiger partial charge is 0.369 e. The van der Waals surface area contributed by atoms with Gasteiger partial charge in [0.15, 0.2) is 0 Å². The number of nitrogens with one attached hydrogen (secondary N) is 1. The quantitative estimate of drug-likeness (QED) is 0.773. The summed E-state index contributed by atoms with van der Waals surface area (Å²) in [4.78, 5) is 0. The molecule has 2 nitrogen and oxygen atoms in total. The summed E-state index contributed by atoms with van der Waals surface area (Å²) < 4.78 is 6.32. The molecule has 0 spiro atoms. The van der Waals surface area contributed by atoms with Crippen molar-refractivity contribution < 1.29 is 4.74 Å². The van der Waals surface area contributed by atoms with E-state index in [1.807, 2.05) is 0 Å². The molecule has 1 rings (SSSR count). The number of hydrogen-bond donors (Lipinski definition) is 1. The van der Waals surface area contributed by atoms with Crippen molar-refractivity contribution in [3.63, 3.8) is 0 Å². The van der Waals surface area contributed by atoms with E-state index in [9.17, 15) is 0 Å². The lowest BCUT2D eigenvalue weighted by Gasteiger charge is -2.28.